The zero-order chi connectivity index (χ0) is 13.2. The third kappa shape index (κ3) is 2.53. The van der Waals surface area contributed by atoms with Gasteiger partial charge in [-0.1, -0.05) is 6.07 Å². The molecule has 4 nitrogen and oxygen atoms in total. The molecule has 3 rings (SSSR count). The number of hydrogen-bond acceptors (Lipinski definition) is 4. The Morgan fingerprint density at radius 2 is 2.37 bits per heavy atom. The summed E-state index contributed by atoms with van der Waals surface area (Å²) >= 11 is 0. The molecule has 102 valence electrons. The van der Waals surface area contributed by atoms with Crippen molar-refractivity contribution in [1.29, 1.82) is 0 Å². The summed E-state index contributed by atoms with van der Waals surface area (Å²) in [7, 11) is 3.88. The minimum Gasteiger partial charge on any atom is -0.497 e. The van der Waals surface area contributed by atoms with E-state index in [1.54, 1.807) is 7.11 Å². The van der Waals surface area contributed by atoms with Gasteiger partial charge in [0.05, 0.1) is 19.5 Å². The molecule has 1 N–H and O–H groups in total. The van der Waals surface area contributed by atoms with Crippen molar-refractivity contribution < 1.29 is 4.74 Å². The van der Waals surface area contributed by atoms with Gasteiger partial charge in [-0.2, -0.15) is 0 Å². The highest BCUT2D eigenvalue weighted by Crippen LogP contribution is 2.33. The van der Waals surface area contributed by atoms with Crippen LogP contribution in [0.15, 0.2) is 23.2 Å². The summed E-state index contributed by atoms with van der Waals surface area (Å²) in [6, 6.07) is 6.39. The fourth-order valence-electron chi connectivity index (χ4n) is 3.05. The van der Waals surface area contributed by atoms with Gasteiger partial charge in [0.25, 0.3) is 0 Å². The maximum Gasteiger partial charge on any atom is 0.120 e. The Morgan fingerprint density at radius 1 is 1.47 bits per heavy atom. The van der Waals surface area contributed by atoms with Gasteiger partial charge in [0.15, 0.2) is 0 Å². The summed E-state index contributed by atoms with van der Waals surface area (Å²) < 4.78 is 5.31. The largest absolute Gasteiger partial charge is 0.497 e. The van der Waals surface area contributed by atoms with E-state index in [0.29, 0.717) is 5.92 Å². The van der Waals surface area contributed by atoms with Crippen molar-refractivity contribution >= 4 is 11.5 Å². The number of nitrogens with one attached hydrogen (secondary N) is 1. The number of ether oxygens (including phenoxy) is 1. The first-order chi connectivity index (χ1) is 9.26. The number of rotatable bonds is 3. The Hall–Kier alpha value is -1.71. The van der Waals surface area contributed by atoms with E-state index >= 15 is 0 Å². The monoisotopic (exact) mass is 259 g/mol. The maximum atomic E-state index is 5.31. The Labute approximate surface area is 114 Å². The fraction of sp³-hybridized carbons (Fsp3) is 0.533. The zero-order valence-corrected chi connectivity index (χ0v) is 11.6. The standard InChI is InChI=1S/C15H21N3O/c1-18-10-11(8-15-16-5-6-17-15)7-12-3-4-13(19-2)9-14(12)18/h3-4,9,11H,5-8,10H2,1-2H3,(H,16,17). The number of nitrogens with zero attached hydrogens (tertiary/aromatic N) is 2. The molecule has 1 aromatic carbocycles. The van der Waals surface area contributed by atoms with E-state index < -0.39 is 0 Å². The van der Waals surface area contributed by atoms with Crippen molar-refractivity contribution in [2.75, 3.05) is 38.7 Å². The molecule has 1 unspecified atom stereocenters. The van der Waals surface area contributed by atoms with E-state index in [0.717, 1.165) is 38.2 Å². The third-order valence-corrected chi connectivity index (χ3v) is 3.97. The van der Waals surface area contributed by atoms with Gasteiger partial charge in [0.1, 0.15) is 5.75 Å². The van der Waals surface area contributed by atoms with Crippen LogP contribution in [0.3, 0.4) is 0 Å². The number of fused-ring (bicyclic) bond motifs is 1. The van der Waals surface area contributed by atoms with Crippen LogP contribution >= 0.6 is 0 Å². The Bertz CT molecular complexity index is 498. The van der Waals surface area contributed by atoms with Gasteiger partial charge in [0, 0.05) is 38.3 Å². The van der Waals surface area contributed by atoms with Crippen LogP contribution in [-0.4, -0.2) is 39.6 Å². The van der Waals surface area contributed by atoms with Gasteiger partial charge >= 0.3 is 0 Å². The maximum absolute atomic E-state index is 5.31. The minimum atomic E-state index is 0.648. The number of benzene rings is 1. The first-order valence-electron chi connectivity index (χ1n) is 6.91. The van der Waals surface area contributed by atoms with Crippen LogP contribution in [0.1, 0.15) is 12.0 Å². The second-order valence-electron chi connectivity index (χ2n) is 5.40. The van der Waals surface area contributed by atoms with Crippen molar-refractivity contribution in [2.45, 2.75) is 12.8 Å². The molecule has 0 spiro atoms. The molecule has 2 aliphatic heterocycles. The molecule has 2 heterocycles. The smallest absolute Gasteiger partial charge is 0.120 e. The van der Waals surface area contributed by atoms with Gasteiger partial charge in [-0.3, -0.25) is 4.99 Å². The summed E-state index contributed by atoms with van der Waals surface area (Å²) in [5, 5.41) is 3.37. The van der Waals surface area contributed by atoms with E-state index in [1.807, 2.05) is 0 Å². The van der Waals surface area contributed by atoms with E-state index in [9.17, 15) is 0 Å². The molecule has 1 aromatic rings. The Balaban J connectivity index is 1.76. The highest BCUT2D eigenvalue weighted by atomic mass is 16.5. The lowest BCUT2D eigenvalue weighted by Gasteiger charge is -2.33. The Morgan fingerprint density at radius 3 is 3.11 bits per heavy atom. The normalized spacial score (nSPS) is 21.7. The molecule has 0 aliphatic carbocycles. The lowest BCUT2D eigenvalue weighted by molar-refractivity contribution is 0.413. The molecule has 1 atom stereocenters. The van der Waals surface area contributed by atoms with Gasteiger partial charge in [-0.15, -0.1) is 0 Å². The van der Waals surface area contributed by atoms with Crippen molar-refractivity contribution in [3.8, 4) is 5.75 Å². The van der Waals surface area contributed by atoms with E-state index in [-0.39, 0.29) is 0 Å². The van der Waals surface area contributed by atoms with Gasteiger partial charge < -0.3 is 15.0 Å². The molecular weight excluding hydrogens is 238 g/mol. The lowest BCUT2D eigenvalue weighted by atomic mass is 9.90. The Kier molecular flexibility index (Phi) is 3.32. The average Bonchev–Trinajstić information content (AvgIpc) is 2.91. The van der Waals surface area contributed by atoms with Gasteiger partial charge in [0.2, 0.25) is 0 Å². The van der Waals surface area contributed by atoms with Crippen molar-refractivity contribution in [3.05, 3.63) is 23.8 Å². The van der Waals surface area contributed by atoms with Crippen molar-refractivity contribution in [2.24, 2.45) is 10.9 Å². The lowest BCUT2D eigenvalue weighted by Crippen LogP contribution is -2.35. The zero-order valence-electron chi connectivity index (χ0n) is 11.6. The highest BCUT2D eigenvalue weighted by molar-refractivity contribution is 5.84. The second kappa shape index (κ2) is 5.11. The molecule has 4 heteroatoms. The summed E-state index contributed by atoms with van der Waals surface area (Å²) in [6.45, 7) is 3.03. The second-order valence-corrected chi connectivity index (χ2v) is 5.40. The predicted molar refractivity (Wildman–Crippen MR) is 78.4 cm³/mol. The number of anilines is 1. The summed E-state index contributed by atoms with van der Waals surface area (Å²) in [5.41, 5.74) is 2.72. The van der Waals surface area contributed by atoms with Crippen LogP contribution in [0.2, 0.25) is 0 Å². The first kappa shape index (κ1) is 12.3. The molecule has 0 saturated carbocycles. The van der Waals surface area contributed by atoms with Crippen LogP contribution in [0.4, 0.5) is 5.69 Å². The molecule has 2 aliphatic rings. The van der Waals surface area contributed by atoms with E-state index in [2.05, 4.69) is 40.5 Å². The van der Waals surface area contributed by atoms with Crippen LogP contribution in [0.25, 0.3) is 0 Å². The summed E-state index contributed by atoms with van der Waals surface area (Å²) in [5.74, 6) is 2.77. The fourth-order valence-corrected chi connectivity index (χ4v) is 3.05. The predicted octanol–water partition coefficient (Wildman–Crippen LogP) is 1.70. The van der Waals surface area contributed by atoms with Crippen LogP contribution < -0.4 is 15.0 Å². The molecule has 0 radical (unpaired) electrons. The number of aliphatic imine (C=N–C) groups is 1. The van der Waals surface area contributed by atoms with E-state index in [1.165, 1.54) is 17.1 Å². The summed E-state index contributed by atoms with van der Waals surface area (Å²) in [6.07, 6.45) is 2.19. The number of hydrogen-bond donors (Lipinski definition) is 1. The van der Waals surface area contributed by atoms with Crippen LogP contribution in [0.5, 0.6) is 5.75 Å². The van der Waals surface area contributed by atoms with E-state index in [4.69, 9.17) is 4.74 Å². The highest BCUT2D eigenvalue weighted by Gasteiger charge is 2.24. The molecular formula is C15H21N3O. The molecule has 0 bridgehead atoms. The average molecular weight is 259 g/mol. The number of amidine groups is 1. The first-order valence-corrected chi connectivity index (χ1v) is 6.91. The quantitative estimate of drug-likeness (QED) is 0.897. The molecule has 0 aromatic heterocycles. The van der Waals surface area contributed by atoms with Crippen molar-refractivity contribution in [1.82, 2.24) is 5.32 Å². The minimum absolute atomic E-state index is 0.648. The molecule has 0 fully saturated rings. The van der Waals surface area contributed by atoms with Gasteiger partial charge in [-0.25, -0.2) is 0 Å². The molecule has 0 amide bonds. The third-order valence-electron chi connectivity index (χ3n) is 3.97. The van der Waals surface area contributed by atoms with Crippen LogP contribution in [0, 0.1) is 5.92 Å². The molecule has 0 saturated heterocycles. The topological polar surface area (TPSA) is 36.9 Å². The SMILES string of the molecule is COc1ccc2c(c1)N(C)CC(CC1=NCCN1)C2. The van der Waals surface area contributed by atoms with Crippen LogP contribution in [-0.2, 0) is 6.42 Å². The summed E-state index contributed by atoms with van der Waals surface area (Å²) in [4.78, 5) is 6.84. The van der Waals surface area contributed by atoms with Crippen molar-refractivity contribution in [3.63, 3.8) is 0 Å². The number of methoxy groups -OCH3 is 1. The van der Waals surface area contributed by atoms with Gasteiger partial charge in [-0.05, 0) is 24.0 Å². The molecule has 19 heavy (non-hydrogen) atoms.